The SMILES string of the molecule is CSC(C)(C)CNCc1cn[nH]c1-c1ccc(C)o1. The topological polar surface area (TPSA) is 53.9 Å². The standard InChI is InChI=1S/C14H21N3OS/c1-10-5-6-12(18-10)13-11(8-16-17-13)7-15-9-14(2,3)19-4/h5-6,8,15H,7,9H2,1-4H3,(H,16,17). The molecule has 0 unspecified atom stereocenters. The fourth-order valence-corrected chi connectivity index (χ4v) is 2.04. The van der Waals surface area contributed by atoms with Gasteiger partial charge < -0.3 is 9.73 Å². The Balaban J connectivity index is 2.01. The molecular formula is C14H21N3OS. The Labute approximate surface area is 118 Å². The molecule has 0 spiro atoms. The molecule has 0 atom stereocenters. The van der Waals surface area contributed by atoms with Crippen molar-refractivity contribution in [1.29, 1.82) is 0 Å². The number of aryl methyl sites for hydroxylation is 1. The Bertz CT molecular complexity index is 530. The van der Waals surface area contributed by atoms with Gasteiger partial charge in [0.05, 0.1) is 6.20 Å². The van der Waals surface area contributed by atoms with Crippen LogP contribution in [0.25, 0.3) is 11.5 Å². The zero-order valence-corrected chi connectivity index (χ0v) is 12.7. The first-order valence-corrected chi connectivity index (χ1v) is 7.59. The van der Waals surface area contributed by atoms with E-state index < -0.39 is 0 Å². The normalized spacial score (nSPS) is 12.0. The van der Waals surface area contributed by atoms with E-state index in [2.05, 4.69) is 35.6 Å². The molecule has 0 radical (unpaired) electrons. The van der Waals surface area contributed by atoms with Gasteiger partial charge in [-0.1, -0.05) is 0 Å². The van der Waals surface area contributed by atoms with Crippen molar-refractivity contribution in [1.82, 2.24) is 15.5 Å². The van der Waals surface area contributed by atoms with Crippen molar-refractivity contribution in [3.63, 3.8) is 0 Å². The van der Waals surface area contributed by atoms with E-state index in [1.54, 1.807) is 0 Å². The average molecular weight is 279 g/mol. The number of hydrogen-bond donors (Lipinski definition) is 2. The fourth-order valence-electron chi connectivity index (χ4n) is 1.80. The third kappa shape index (κ3) is 3.64. The molecule has 0 aliphatic carbocycles. The van der Waals surface area contributed by atoms with E-state index in [1.807, 2.05) is 37.0 Å². The van der Waals surface area contributed by atoms with Gasteiger partial charge in [-0.2, -0.15) is 16.9 Å². The van der Waals surface area contributed by atoms with E-state index in [1.165, 1.54) is 0 Å². The molecule has 0 aromatic carbocycles. The minimum Gasteiger partial charge on any atom is -0.460 e. The third-order valence-electron chi connectivity index (χ3n) is 3.12. The van der Waals surface area contributed by atoms with E-state index in [-0.39, 0.29) is 4.75 Å². The van der Waals surface area contributed by atoms with Gasteiger partial charge in [-0.15, -0.1) is 0 Å². The van der Waals surface area contributed by atoms with E-state index >= 15 is 0 Å². The molecule has 2 heterocycles. The Kier molecular flexibility index (Phi) is 4.37. The number of nitrogens with one attached hydrogen (secondary N) is 2. The average Bonchev–Trinajstić information content (AvgIpc) is 2.97. The largest absolute Gasteiger partial charge is 0.460 e. The van der Waals surface area contributed by atoms with Gasteiger partial charge in [-0.3, -0.25) is 5.10 Å². The summed E-state index contributed by atoms with van der Waals surface area (Å²) in [4.78, 5) is 0. The molecule has 0 aliphatic rings. The highest BCUT2D eigenvalue weighted by Crippen LogP contribution is 2.24. The summed E-state index contributed by atoms with van der Waals surface area (Å²) in [5, 5.41) is 10.6. The van der Waals surface area contributed by atoms with Crippen molar-refractivity contribution >= 4 is 11.8 Å². The van der Waals surface area contributed by atoms with Gasteiger partial charge in [0.15, 0.2) is 5.76 Å². The molecule has 2 aromatic rings. The zero-order valence-electron chi connectivity index (χ0n) is 11.9. The van der Waals surface area contributed by atoms with E-state index in [9.17, 15) is 0 Å². The summed E-state index contributed by atoms with van der Waals surface area (Å²) in [7, 11) is 0. The maximum absolute atomic E-state index is 5.63. The Morgan fingerprint density at radius 2 is 2.21 bits per heavy atom. The van der Waals surface area contributed by atoms with Gasteiger partial charge in [0, 0.05) is 23.4 Å². The number of aromatic amines is 1. The van der Waals surface area contributed by atoms with Crippen LogP contribution in [0.3, 0.4) is 0 Å². The van der Waals surface area contributed by atoms with Gasteiger partial charge in [0.25, 0.3) is 0 Å². The lowest BCUT2D eigenvalue weighted by Crippen LogP contribution is -2.31. The molecule has 2 aromatic heterocycles. The van der Waals surface area contributed by atoms with Crippen molar-refractivity contribution in [3.05, 3.63) is 29.7 Å². The van der Waals surface area contributed by atoms with Crippen molar-refractivity contribution in [3.8, 4) is 11.5 Å². The maximum atomic E-state index is 5.63. The second-order valence-electron chi connectivity index (χ2n) is 5.25. The number of thioether (sulfide) groups is 1. The van der Waals surface area contributed by atoms with E-state index in [0.717, 1.165) is 35.9 Å². The molecule has 4 nitrogen and oxygen atoms in total. The molecule has 19 heavy (non-hydrogen) atoms. The lowest BCUT2D eigenvalue weighted by Gasteiger charge is -2.22. The lowest BCUT2D eigenvalue weighted by atomic mass is 10.2. The monoisotopic (exact) mass is 279 g/mol. The molecule has 0 saturated carbocycles. The predicted molar refractivity (Wildman–Crippen MR) is 80.3 cm³/mol. The van der Waals surface area contributed by atoms with Crippen molar-refractivity contribution in [2.45, 2.75) is 32.1 Å². The van der Waals surface area contributed by atoms with Crippen molar-refractivity contribution in [2.75, 3.05) is 12.8 Å². The first kappa shape index (κ1) is 14.2. The molecule has 104 valence electrons. The quantitative estimate of drug-likeness (QED) is 0.852. The lowest BCUT2D eigenvalue weighted by molar-refractivity contribution is 0.544. The fraction of sp³-hybridized carbons (Fsp3) is 0.500. The van der Waals surface area contributed by atoms with Crippen LogP contribution >= 0.6 is 11.8 Å². The van der Waals surface area contributed by atoms with Crippen LogP contribution in [0.2, 0.25) is 0 Å². The van der Waals surface area contributed by atoms with Crippen LogP contribution in [0.5, 0.6) is 0 Å². The molecular weight excluding hydrogens is 258 g/mol. The van der Waals surface area contributed by atoms with E-state index in [4.69, 9.17) is 4.42 Å². The molecule has 0 saturated heterocycles. The van der Waals surface area contributed by atoms with Gasteiger partial charge in [0.1, 0.15) is 11.5 Å². The van der Waals surface area contributed by atoms with Crippen LogP contribution in [0, 0.1) is 6.92 Å². The summed E-state index contributed by atoms with van der Waals surface area (Å²) < 4.78 is 5.88. The minimum absolute atomic E-state index is 0.241. The van der Waals surface area contributed by atoms with Crippen LogP contribution in [0.4, 0.5) is 0 Å². The maximum Gasteiger partial charge on any atom is 0.152 e. The summed E-state index contributed by atoms with van der Waals surface area (Å²) in [6.07, 6.45) is 3.99. The van der Waals surface area contributed by atoms with Crippen molar-refractivity contribution < 1.29 is 4.42 Å². The van der Waals surface area contributed by atoms with Gasteiger partial charge >= 0.3 is 0 Å². The summed E-state index contributed by atoms with van der Waals surface area (Å²) in [5.41, 5.74) is 2.09. The van der Waals surface area contributed by atoms with Gasteiger partial charge in [-0.05, 0) is 39.2 Å². The molecule has 0 bridgehead atoms. The zero-order chi connectivity index (χ0) is 13.9. The second kappa shape index (κ2) is 5.84. The van der Waals surface area contributed by atoms with Crippen LogP contribution in [0.15, 0.2) is 22.7 Å². The van der Waals surface area contributed by atoms with Crippen molar-refractivity contribution in [2.24, 2.45) is 0 Å². The van der Waals surface area contributed by atoms with Gasteiger partial charge in [-0.25, -0.2) is 0 Å². The summed E-state index contributed by atoms with van der Waals surface area (Å²) in [6, 6.07) is 3.93. The molecule has 0 fully saturated rings. The van der Waals surface area contributed by atoms with Gasteiger partial charge in [0.2, 0.25) is 0 Å². The summed E-state index contributed by atoms with van der Waals surface area (Å²) >= 11 is 1.86. The Morgan fingerprint density at radius 3 is 2.84 bits per heavy atom. The Hall–Kier alpha value is -1.20. The first-order valence-electron chi connectivity index (χ1n) is 6.37. The first-order chi connectivity index (χ1) is 9.02. The van der Waals surface area contributed by atoms with E-state index in [0.29, 0.717) is 0 Å². The number of hydrogen-bond acceptors (Lipinski definition) is 4. The molecule has 2 rings (SSSR count). The number of furan rings is 1. The Morgan fingerprint density at radius 1 is 1.42 bits per heavy atom. The number of nitrogens with zero attached hydrogens (tertiary/aromatic N) is 1. The smallest absolute Gasteiger partial charge is 0.152 e. The number of aromatic nitrogens is 2. The van der Waals surface area contributed by atoms with Crippen LogP contribution < -0.4 is 5.32 Å². The highest BCUT2D eigenvalue weighted by atomic mass is 32.2. The second-order valence-corrected chi connectivity index (χ2v) is 6.76. The molecule has 0 amide bonds. The molecule has 5 heteroatoms. The summed E-state index contributed by atoms with van der Waals surface area (Å²) in [6.45, 7) is 8.15. The van der Waals surface area contributed by atoms with Crippen LogP contribution in [-0.4, -0.2) is 27.7 Å². The summed E-state index contributed by atoms with van der Waals surface area (Å²) in [5.74, 6) is 1.75. The minimum atomic E-state index is 0.241. The molecule has 0 aliphatic heterocycles. The third-order valence-corrected chi connectivity index (χ3v) is 4.37. The highest BCUT2D eigenvalue weighted by molar-refractivity contribution is 7.99. The number of H-pyrrole nitrogens is 1. The molecule has 2 N–H and O–H groups in total. The predicted octanol–water partition coefficient (Wildman–Crippen LogP) is 3.21. The van der Waals surface area contributed by atoms with Crippen LogP contribution in [-0.2, 0) is 6.54 Å². The highest BCUT2D eigenvalue weighted by Gasteiger charge is 2.16. The number of rotatable bonds is 6. The van der Waals surface area contributed by atoms with Crippen LogP contribution in [0.1, 0.15) is 25.2 Å².